The number of aromatic nitrogens is 1. The molecule has 0 aliphatic carbocycles. The van der Waals surface area contributed by atoms with E-state index in [-0.39, 0.29) is 17.1 Å². The third-order valence-electron chi connectivity index (χ3n) is 5.31. The zero-order valence-corrected chi connectivity index (χ0v) is 19.0. The fourth-order valence-corrected chi connectivity index (χ4v) is 4.88. The van der Waals surface area contributed by atoms with E-state index in [9.17, 15) is 9.59 Å². The van der Waals surface area contributed by atoms with Crippen LogP contribution in [0.25, 0.3) is 11.0 Å². The predicted molar refractivity (Wildman–Crippen MR) is 125 cm³/mol. The SMILES string of the molecule is CCCOc1ccc([C@H]2c3c(oc4ccc(Cl)cc4c3=O)C(=O)N2c2nc(C)cs2)cc1. The fraction of sp³-hybridized carbons (Fsp3) is 0.208. The van der Waals surface area contributed by atoms with Gasteiger partial charge in [0.2, 0.25) is 5.76 Å². The van der Waals surface area contributed by atoms with Gasteiger partial charge >= 0.3 is 0 Å². The number of hydrogen-bond acceptors (Lipinski definition) is 6. The van der Waals surface area contributed by atoms with Crippen molar-refractivity contribution in [1.82, 2.24) is 4.98 Å². The number of rotatable bonds is 5. The lowest BCUT2D eigenvalue weighted by Crippen LogP contribution is -2.29. The van der Waals surface area contributed by atoms with Gasteiger partial charge in [-0.2, -0.15) is 0 Å². The molecule has 5 rings (SSSR count). The number of nitrogens with zero attached hydrogens (tertiary/aromatic N) is 2. The number of aryl methyl sites for hydroxylation is 1. The molecule has 1 atom stereocenters. The third kappa shape index (κ3) is 3.38. The fourth-order valence-electron chi connectivity index (χ4n) is 3.88. The van der Waals surface area contributed by atoms with E-state index < -0.39 is 6.04 Å². The zero-order chi connectivity index (χ0) is 22.4. The molecule has 1 amide bonds. The second-order valence-corrected chi connectivity index (χ2v) is 8.85. The maximum absolute atomic E-state index is 13.6. The quantitative estimate of drug-likeness (QED) is 0.374. The second kappa shape index (κ2) is 8.07. The minimum atomic E-state index is -0.664. The molecule has 4 aromatic rings. The van der Waals surface area contributed by atoms with E-state index >= 15 is 0 Å². The van der Waals surface area contributed by atoms with Gasteiger partial charge in [-0.1, -0.05) is 30.7 Å². The van der Waals surface area contributed by atoms with Gasteiger partial charge in [-0.3, -0.25) is 14.5 Å². The minimum Gasteiger partial charge on any atom is -0.494 e. The van der Waals surface area contributed by atoms with Crippen molar-refractivity contribution in [2.24, 2.45) is 0 Å². The van der Waals surface area contributed by atoms with Crippen LogP contribution in [-0.2, 0) is 0 Å². The van der Waals surface area contributed by atoms with Crippen molar-refractivity contribution in [3.05, 3.63) is 85.7 Å². The Balaban J connectivity index is 1.72. The van der Waals surface area contributed by atoms with Crippen LogP contribution in [0.15, 0.2) is 57.1 Å². The molecule has 0 N–H and O–H groups in total. The summed E-state index contributed by atoms with van der Waals surface area (Å²) in [5, 5.41) is 3.15. The van der Waals surface area contributed by atoms with Crippen LogP contribution in [0.3, 0.4) is 0 Å². The molecule has 0 spiro atoms. The number of ether oxygens (including phenoxy) is 1. The Bertz CT molecular complexity index is 1390. The number of halogens is 1. The number of anilines is 1. The van der Waals surface area contributed by atoms with Crippen molar-refractivity contribution < 1.29 is 13.9 Å². The zero-order valence-electron chi connectivity index (χ0n) is 17.4. The van der Waals surface area contributed by atoms with Gasteiger partial charge in [0.25, 0.3) is 5.91 Å². The molecule has 8 heteroatoms. The number of benzene rings is 2. The molecule has 6 nitrogen and oxygen atoms in total. The van der Waals surface area contributed by atoms with Gasteiger partial charge in [-0.15, -0.1) is 11.3 Å². The summed E-state index contributed by atoms with van der Waals surface area (Å²) < 4.78 is 11.6. The average molecular weight is 467 g/mol. The molecular formula is C24H19ClN2O4S. The van der Waals surface area contributed by atoms with Crippen molar-refractivity contribution >= 4 is 44.9 Å². The maximum atomic E-state index is 13.6. The highest BCUT2D eigenvalue weighted by Gasteiger charge is 2.44. The average Bonchev–Trinajstić information content (AvgIpc) is 3.34. The minimum absolute atomic E-state index is 0.0361. The Hall–Kier alpha value is -3.16. The topological polar surface area (TPSA) is 72.6 Å². The van der Waals surface area contributed by atoms with Gasteiger partial charge in [0.1, 0.15) is 11.3 Å². The van der Waals surface area contributed by atoms with E-state index in [0.717, 1.165) is 23.4 Å². The molecule has 2 aromatic heterocycles. The number of fused-ring (bicyclic) bond motifs is 2. The van der Waals surface area contributed by atoms with E-state index in [1.165, 1.54) is 16.2 Å². The first-order chi connectivity index (χ1) is 15.5. The van der Waals surface area contributed by atoms with Gasteiger partial charge in [0, 0.05) is 10.4 Å². The highest BCUT2D eigenvalue weighted by Crippen LogP contribution is 2.42. The molecule has 0 bridgehead atoms. The van der Waals surface area contributed by atoms with Crippen LogP contribution in [0.5, 0.6) is 5.75 Å². The Morgan fingerprint density at radius 1 is 1.19 bits per heavy atom. The molecule has 3 heterocycles. The number of carbonyl (C=O) groups is 1. The normalized spacial score (nSPS) is 15.4. The van der Waals surface area contributed by atoms with Crippen LogP contribution in [0.4, 0.5) is 5.13 Å². The van der Waals surface area contributed by atoms with E-state index in [4.69, 9.17) is 20.8 Å². The smallest absolute Gasteiger partial charge is 0.297 e. The monoisotopic (exact) mass is 466 g/mol. The molecular weight excluding hydrogens is 448 g/mol. The number of hydrogen-bond donors (Lipinski definition) is 0. The van der Waals surface area contributed by atoms with Gasteiger partial charge in [-0.05, 0) is 49.2 Å². The number of thiazole rings is 1. The largest absolute Gasteiger partial charge is 0.494 e. The van der Waals surface area contributed by atoms with Crippen LogP contribution in [0, 0.1) is 6.92 Å². The third-order valence-corrected chi connectivity index (χ3v) is 6.51. The first kappa shape index (κ1) is 20.7. The van der Waals surface area contributed by atoms with Gasteiger partial charge in [-0.25, -0.2) is 4.98 Å². The van der Waals surface area contributed by atoms with Crippen molar-refractivity contribution in [3.63, 3.8) is 0 Å². The summed E-state index contributed by atoms with van der Waals surface area (Å²) in [6.45, 7) is 4.52. The second-order valence-electron chi connectivity index (χ2n) is 7.58. The van der Waals surface area contributed by atoms with E-state index in [1.54, 1.807) is 18.2 Å². The Morgan fingerprint density at radius 3 is 2.66 bits per heavy atom. The Morgan fingerprint density at radius 2 is 1.97 bits per heavy atom. The molecule has 1 aliphatic heterocycles. The first-order valence-electron chi connectivity index (χ1n) is 10.2. The lowest BCUT2D eigenvalue weighted by atomic mass is 9.98. The van der Waals surface area contributed by atoms with Crippen molar-refractivity contribution in [3.8, 4) is 5.75 Å². The van der Waals surface area contributed by atoms with Crippen LogP contribution < -0.4 is 15.1 Å². The molecule has 0 saturated carbocycles. The summed E-state index contributed by atoms with van der Waals surface area (Å²) in [5.41, 5.74) is 1.91. The van der Waals surface area contributed by atoms with Crippen molar-refractivity contribution in [2.45, 2.75) is 26.3 Å². The van der Waals surface area contributed by atoms with Crippen LogP contribution in [0.1, 0.15) is 46.8 Å². The summed E-state index contributed by atoms with van der Waals surface area (Å²) in [6.07, 6.45) is 0.903. The molecule has 1 aliphatic rings. The first-order valence-corrected chi connectivity index (χ1v) is 11.5. The van der Waals surface area contributed by atoms with E-state index in [2.05, 4.69) is 4.98 Å². The summed E-state index contributed by atoms with van der Waals surface area (Å²) in [4.78, 5) is 33.1. The summed E-state index contributed by atoms with van der Waals surface area (Å²) in [6, 6.07) is 11.6. The lowest BCUT2D eigenvalue weighted by molar-refractivity contribution is 0.0971. The Labute approximate surface area is 193 Å². The lowest BCUT2D eigenvalue weighted by Gasteiger charge is -2.22. The highest BCUT2D eigenvalue weighted by molar-refractivity contribution is 7.14. The summed E-state index contributed by atoms with van der Waals surface area (Å²) >= 11 is 7.48. The van der Waals surface area contributed by atoms with E-state index in [0.29, 0.717) is 33.3 Å². The molecule has 0 fully saturated rings. The Kier molecular flexibility index (Phi) is 5.23. The molecule has 0 unspecified atom stereocenters. The van der Waals surface area contributed by atoms with Crippen LogP contribution in [-0.4, -0.2) is 17.5 Å². The summed E-state index contributed by atoms with van der Waals surface area (Å²) in [7, 11) is 0. The number of carbonyl (C=O) groups excluding carboxylic acids is 1. The molecule has 0 radical (unpaired) electrons. The summed E-state index contributed by atoms with van der Waals surface area (Å²) in [5.74, 6) is 0.378. The van der Waals surface area contributed by atoms with Gasteiger partial charge in [0.15, 0.2) is 10.6 Å². The number of amides is 1. The van der Waals surface area contributed by atoms with Crippen LogP contribution >= 0.6 is 22.9 Å². The van der Waals surface area contributed by atoms with Gasteiger partial charge < -0.3 is 9.15 Å². The molecule has 32 heavy (non-hydrogen) atoms. The van der Waals surface area contributed by atoms with E-state index in [1.807, 2.05) is 43.5 Å². The van der Waals surface area contributed by atoms with Crippen molar-refractivity contribution in [1.29, 1.82) is 0 Å². The molecule has 0 saturated heterocycles. The van der Waals surface area contributed by atoms with Crippen LogP contribution in [0.2, 0.25) is 5.02 Å². The van der Waals surface area contributed by atoms with Crippen molar-refractivity contribution in [2.75, 3.05) is 11.5 Å². The highest BCUT2D eigenvalue weighted by atomic mass is 35.5. The molecule has 162 valence electrons. The van der Waals surface area contributed by atoms with Gasteiger partial charge in [0.05, 0.1) is 29.3 Å². The maximum Gasteiger partial charge on any atom is 0.297 e. The molecule has 2 aromatic carbocycles. The predicted octanol–water partition coefficient (Wildman–Crippen LogP) is 5.75. The standard InChI is InChI=1S/C24H19ClN2O4S/c1-3-10-30-16-7-4-14(5-8-16)20-19-21(28)17-11-15(25)6-9-18(17)31-22(19)23(29)27(20)24-26-13(2)12-32-24/h4-9,11-12,20H,3,10H2,1-2H3/t20-/m0/s1.